The first-order chi connectivity index (χ1) is 8.01. The summed E-state index contributed by atoms with van der Waals surface area (Å²) in [6, 6.07) is 3.10. The van der Waals surface area contributed by atoms with Crippen LogP contribution < -0.4 is 9.47 Å². The van der Waals surface area contributed by atoms with Crippen LogP contribution in [0.2, 0.25) is 5.02 Å². The quantitative estimate of drug-likeness (QED) is 0.812. The number of Topliss-reactive ketones (excluding diaryl/α,β-unsaturated/α-hetero) is 1. The number of ether oxygens (including phenoxy) is 2. The first kappa shape index (κ1) is 13.3. The van der Waals surface area contributed by atoms with Crippen LogP contribution in [0, 0.1) is 0 Å². The molecule has 6 heteroatoms. The number of carbonyl (C=O) groups excluding carboxylic acids is 1. The van der Waals surface area contributed by atoms with Gasteiger partial charge < -0.3 is 14.6 Å². The molecule has 17 heavy (non-hydrogen) atoms. The Morgan fingerprint density at radius 2 is 1.94 bits per heavy atom. The number of carboxylic acids is 1. The molecule has 0 spiro atoms. The number of carboxylic acid groups (broad SMARTS) is 1. The first-order valence-electron chi connectivity index (χ1n) is 4.66. The van der Waals surface area contributed by atoms with E-state index in [4.69, 9.17) is 26.2 Å². The summed E-state index contributed by atoms with van der Waals surface area (Å²) in [7, 11) is 2.86. The van der Waals surface area contributed by atoms with E-state index in [-0.39, 0.29) is 17.2 Å². The second-order valence-corrected chi connectivity index (χ2v) is 3.56. The minimum absolute atomic E-state index is 0.182. The van der Waals surface area contributed by atoms with Crippen LogP contribution in [-0.4, -0.2) is 31.1 Å². The molecule has 1 rings (SSSR count). The van der Waals surface area contributed by atoms with Crippen LogP contribution >= 0.6 is 11.6 Å². The number of ketones is 1. The van der Waals surface area contributed by atoms with Gasteiger partial charge in [-0.2, -0.15) is 0 Å². The molecule has 0 atom stereocenters. The van der Waals surface area contributed by atoms with Gasteiger partial charge in [0, 0.05) is 6.42 Å². The zero-order valence-electron chi connectivity index (χ0n) is 9.32. The Morgan fingerprint density at radius 1 is 1.29 bits per heavy atom. The van der Waals surface area contributed by atoms with Gasteiger partial charge in [-0.3, -0.25) is 4.79 Å². The smallest absolute Gasteiger partial charge is 0.372 e. The van der Waals surface area contributed by atoms with Gasteiger partial charge in [-0.05, 0) is 11.6 Å². The number of aliphatic carboxylic acids is 1. The van der Waals surface area contributed by atoms with Crippen molar-refractivity contribution in [1.29, 1.82) is 0 Å². The number of benzene rings is 1. The van der Waals surface area contributed by atoms with Gasteiger partial charge in [-0.1, -0.05) is 17.7 Å². The predicted molar refractivity (Wildman–Crippen MR) is 60.9 cm³/mol. The third kappa shape index (κ3) is 2.88. The van der Waals surface area contributed by atoms with Gasteiger partial charge in [0.1, 0.15) is 0 Å². The summed E-state index contributed by atoms with van der Waals surface area (Å²) < 4.78 is 10.0. The molecule has 0 aliphatic heterocycles. The normalized spacial score (nSPS) is 9.82. The summed E-state index contributed by atoms with van der Waals surface area (Å²) >= 11 is 5.99. The summed E-state index contributed by atoms with van der Waals surface area (Å²) in [4.78, 5) is 21.5. The van der Waals surface area contributed by atoms with Gasteiger partial charge >= 0.3 is 5.97 Å². The van der Waals surface area contributed by atoms with E-state index in [2.05, 4.69) is 0 Å². The summed E-state index contributed by atoms with van der Waals surface area (Å²) in [5.41, 5.74) is 0.386. The molecule has 0 saturated carbocycles. The van der Waals surface area contributed by atoms with Crippen LogP contribution in [0.1, 0.15) is 5.56 Å². The van der Waals surface area contributed by atoms with E-state index in [0.717, 1.165) is 0 Å². The van der Waals surface area contributed by atoms with E-state index >= 15 is 0 Å². The SMILES string of the molecule is COc1ccc(CC(=O)C(=O)O)c(Cl)c1OC. The number of carbonyl (C=O) groups is 2. The highest BCUT2D eigenvalue weighted by Gasteiger charge is 2.18. The number of rotatable bonds is 5. The fraction of sp³-hybridized carbons (Fsp3) is 0.273. The van der Waals surface area contributed by atoms with Crippen molar-refractivity contribution in [2.24, 2.45) is 0 Å². The Hall–Kier alpha value is -1.75. The summed E-state index contributed by atoms with van der Waals surface area (Å²) in [5, 5.41) is 8.69. The highest BCUT2D eigenvalue weighted by molar-refractivity contribution is 6.36. The molecule has 0 heterocycles. The van der Waals surface area contributed by atoms with Crippen molar-refractivity contribution in [2.45, 2.75) is 6.42 Å². The molecule has 0 bridgehead atoms. The van der Waals surface area contributed by atoms with E-state index in [1.807, 2.05) is 0 Å². The standard InChI is InChI=1S/C11H11ClO5/c1-16-8-4-3-6(5-7(13)11(14)15)9(12)10(8)17-2/h3-4H,5H2,1-2H3,(H,14,15). The van der Waals surface area contributed by atoms with Crippen molar-refractivity contribution in [3.05, 3.63) is 22.7 Å². The predicted octanol–water partition coefficient (Wildman–Crippen LogP) is 1.55. The van der Waals surface area contributed by atoms with E-state index in [0.29, 0.717) is 11.3 Å². The van der Waals surface area contributed by atoms with Crippen molar-refractivity contribution in [3.8, 4) is 11.5 Å². The van der Waals surface area contributed by atoms with E-state index in [9.17, 15) is 9.59 Å². The van der Waals surface area contributed by atoms with E-state index < -0.39 is 11.8 Å². The molecular weight excluding hydrogens is 248 g/mol. The maximum Gasteiger partial charge on any atom is 0.372 e. The Bertz CT molecular complexity index is 455. The number of hydrogen-bond acceptors (Lipinski definition) is 4. The molecular formula is C11H11ClO5. The molecule has 5 nitrogen and oxygen atoms in total. The Kier molecular flexibility index (Phi) is 4.34. The molecule has 0 amide bonds. The van der Waals surface area contributed by atoms with E-state index in [1.165, 1.54) is 20.3 Å². The molecule has 0 saturated heterocycles. The molecule has 0 unspecified atom stereocenters. The summed E-state index contributed by atoms with van der Waals surface area (Å²) in [6.45, 7) is 0. The van der Waals surface area contributed by atoms with Gasteiger partial charge in [-0.15, -0.1) is 0 Å². The van der Waals surface area contributed by atoms with Crippen LogP contribution in [0.15, 0.2) is 12.1 Å². The molecule has 92 valence electrons. The molecule has 0 fully saturated rings. The number of hydrogen-bond donors (Lipinski definition) is 1. The maximum atomic E-state index is 11.1. The average Bonchev–Trinajstić information content (AvgIpc) is 2.31. The van der Waals surface area contributed by atoms with Crippen molar-refractivity contribution in [1.82, 2.24) is 0 Å². The van der Waals surface area contributed by atoms with Crippen LogP contribution in [-0.2, 0) is 16.0 Å². The largest absolute Gasteiger partial charge is 0.493 e. The molecule has 0 aromatic heterocycles. The van der Waals surface area contributed by atoms with Crippen LogP contribution in [0.4, 0.5) is 0 Å². The lowest BCUT2D eigenvalue weighted by molar-refractivity contribution is -0.148. The van der Waals surface area contributed by atoms with Crippen molar-refractivity contribution >= 4 is 23.4 Å². The lowest BCUT2D eigenvalue weighted by Gasteiger charge is -2.11. The zero-order valence-corrected chi connectivity index (χ0v) is 10.1. The van der Waals surface area contributed by atoms with Crippen molar-refractivity contribution in [3.63, 3.8) is 0 Å². The molecule has 0 radical (unpaired) electrons. The average molecular weight is 259 g/mol. The lowest BCUT2D eigenvalue weighted by atomic mass is 10.1. The topological polar surface area (TPSA) is 72.8 Å². The second kappa shape index (κ2) is 5.54. The third-order valence-corrected chi connectivity index (χ3v) is 2.57. The monoisotopic (exact) mass is 258 g/mol. The Balaban J connectivity index is 3.11. The Labute approximate surface area is 103 Å². The minimum Gasteiger partial charge on any atom is -0.493 e. The third-order valence-electron chi connectivity index (χ3n) is 2.15. The van der Waals surface area contributed by atoms with Gasteiger partial charge in [0.2, 0.25) is 5.78 Å². The molecule has 1 aromatic rings. The molecule has 1 aromatic carbocycles. The van der Waals surface area contributed by atoms with Gasteiger partial charge in [0.05, 0.1) is 19.2 Å². The highest BCUT2D eigenvalue weighted by Crippen LogP contribution is 2.37. The minimum atomic E-state index is -1.49. The lowest BCUT2D eigenvalue weighted by Crippen LogP contribution is -2.15. The number of halogens is 1. The van der Waals surface area contributed by atoms with Crippen LogP contribution in [0.25, 0.3) is 0 Å². The van der Waals surface area contributed by atoms with Gasteiger partial charge in [-0.25, -0.2) is 4.79 Å². The highest BCUT2D eigenvalue weighted by atomic mass is 35.5. The van der Waals surface area contributed by atoms with E-state index in [1.54, 1.807) is 6.07 Å². The molecule has 0 aliphatic rings. The van der Waals surface area contributed by atoms with Crippen molar-refractivity contribution in [2.75, 3.05) is 14.2 Å². The first-order valence-corrected chi connectivity index (χ1v) is 5.04. The van der Waals surface area contributed by atoms with Gasteiger partial charge in [0.25, 0.3) is 0 Å². The fourth-order valence-electron chi connectivity index (χ4n) is 1.32. The van der Waals surface area contributed by atoms with Crippen LogP contribution in [0.3, 0.4) is 0 Å². The maximum absolute atomic E-state index is 11.1. The zero-order chi connectivity index (χ0) is 13.0. The molecule has 0 aliphatic carbocycles. The van der Waals surface area contributed by atoms with Gasteiger partial charge in [0.15, 0.2) is 11.5 Å². The van der Waals surface area contributed by atoms with Crippen LogP contribution in [0.5, 0.6) is 11.5 Å². The van der Waals surface area contributed by atoms with Crippen molar-refractivity contribution < 1.29 is 24.2 Å². The Morgan fingerprint density at radius 3 is 2.41 bits per heavy atom. The summed E-state index contributed by atoms with van der Waals surface area (Å²) in [5.74, 6) is -1.72. The fourth-order valence-corrected chi connectivity index (χ4v) is 1.62. The summed E-state index contributed by atoms with van der Waals surface area (Å²) in [6.07, 6.45) is -0.283. The second-order valence-electron chi connectivity index (χ2n) is 3.18. The number of methoxy groups -OCH3 is 2. The molecule has 1 N–H and O–H groups in total.